The highest BCUT2D eigenvalue weighted by Crippen LogP contribution is 2.63. The van der Waals surface area contributed by atoms with Crippen molar-refractivity contribution in [1.29, 1.82) is 0 Å². The second-order valence-electron chi connectivity index (χ2n) is 2.71. The lowest BCUT2D eigenvalue weighted by atomic mass is 10.6. The number of hydrogen-bond donors (Lipinski definition) is 0. The van der Waals surface area contributed by atoms with Crippen LogP contribution in [-0.4, -0.2) is 19.0 Å². The highest BCUT2D eigenvalue weighted by Gasteiger charge is 2.25. The van der Waals surface area contributed by atoms with Gasteiger partial charge in [-0.05, 0) is 12.8 Å². The van der Waals surface area contributed by atoms with E-state index >= 15 is 0 Å². The predicted molar refractivity (Wildman–Crippen MR) is 52.1 cm³/mol. The van der Waals surface area contributed by atoms with Crippen molar-refractivity contribution in [3.63, 3.8) is 0 Å². The molecule has 0 unspecified atom stereocenters. The summed E-state index contributed by atoms with van der Waals surface area (Å²) in [5.74, 6) is -0.630. The summed E-state index contributed by atoms with van der Waals surface area (Å²) in [5, 5.41) is 0. The molecular weight excluding hydrogens is 275 g/mol. The Morgan fingerprint density at radius 2 is 1.40 bits per heavy atom. The fraction of sp³-hybridized carbons (Fsp3) is 1.00. The summed E-state index contributed by atoms with van der Waals surface area (Å²) in [4.78, 5) is 0. The molecule has 0 spiro atoms. The Balaban J connectivity index is 0. The van der Waals surface area contributed by atoms with E-state index in [0.29, 0.717) is 0 Å². The van der Waals surface area contributed by atoms with Crippen LogP contribution in [0.2, 0.25) is 0 Å². The maximum atomic E-state index is 3.81. The van der Waals surface area contributed by atoms with Crippen LogP contribution in [0.1, 0.15) is 26.7 Å². The van der Waals surface area contributed by atoms with Gasteiger partial charge in [0.25, 0.3) is 0 Å². The third-order valence-corrected chi connectivity index (χ3v) is 6.27. The van der Waals surface area contributed by atoms with Gasteiger partial charge in [0.15, 0.2) is 0 Å². The van der Waals surface area contributed by atoms with E-state index in [1.807, 2.05) is 0 Å². The molecule has 0 radical (unpaired) electrons. The average molecular weight is 292 g/mol. The van der Waals surface area contributed by atoms with Crippen LogP contribution in [0.3, 0.4) is 0 Å². The lowest BCUT2D eigenvalue weighted by Crippen LogP contribution is -3.00. The molecule has 3 heteroatoms. The highest BCUT2D eigenvalue weighted by molar-refractivity contribution is 9.42. The van der Waals surface area contributed by atoms with E-state index in [1.54, 1.807) is 0 Å². The first-order chi connectivity index (χ1) is 4.12. The Bertz CT molecular complexity index is 66.0. The van der Waals surface area contributed by atoms with E-state index in [9.17, 15) is 0 Å². The molecule has 0 fully saturated rings. The standard InChI is InChI=1S/C7H17BrP.BrH/c1-4-6-9(3,8)7-5-2;/h4-7H2,1-3H3;1H/q+1;/p-1. The van der Waals surface area contributed by atoms with Crippen LogP contribution in [0.25, 0.3) is 0 Å². The first kappa shape index (κ1) is 13.9. The molecule has 0 aliphatic rings. The molecule has 0 bridgehead atoms. The summed E-state index contributed by atoms with van der Waals surface area (Å²) in [6.07, 6.45) is 5.47. The second kappa shape index (κ2) is 7.06. The molecule has 0 nitrogen and oxygen atoms in total. The average Bonchev–Trinajstić information content (AvgIpc) is 1.64. The van der Waals surface area contributed by atoms with Gasteiger partial charge < -0.3 is 17.0 Å². The first-order valence-corrected chi connectivity index (χ1v) is 8.29. The smallest absolute Gasteiger partial charge is 0.138 e. The molecule has 0 saturated carbocycles. The third-order valence-electron chi connectivity index (χ3n) is 1.38. The normalized spacial score (nSPS) is 10.8. The van der Waals surface area contributed by atoms with Crippen LogP contribution in [0.5, 0.6) is 0 Å². The molecule has 0 N–H and O–H groups in total. The Morgan fingerprint density at radius 3 is 1.60 bits per heavy atom. The van der Waals surface area contributed by atoms with Crippen molar-refractivity contribution in [2.75, 3.05) is 19.0 Å². The summed E-state index contributed by atoms with van der Waals surface area (Å²) >= 11 is 3.81. The van der Waals surface area contributed by atoms with Gasteiger partial charge in [-0.25, -0.2) is 0 Å². The minimum atomic E-state index is -0.630. The summed E-state index contributed by atoms with van der Waals surface area (Å²) in [6.45, 7) is 6.91. The fourth-order valence-electron chi connectivity index (χ4n) is 1.04. The highest BCUT2D eigenvalue weighted by atomic mass is 79.9. The molecule has 64 valence electrons. The third kappa shape index (κ3) is 7.50. The van der Waals surface area contributed by atoms with Crippen molar-refractivity contribution < 1.29 is 17.0 Å². The molecular formula is C7H17Br2P. The molecule has 0 rings (SSSR count). The monoisotopic (exact) mass is 290 g/mol. The van der Waals surface area contributed by atoms with Crippen molar-refractivity contribution in [1.82, 2.24) is 0 Å². The largest absolute Gasteiger partial charge is 1.00 e. The maximum Gasteiger partial charge on any atom is 0.138 e. The Labute approximate surface area is 84.0 Å². The van der Waals surface area contributed by atoms with Crippen LogP contribution in [-0.2, 0) is 0 Å². The van der Waals surface area contributed by atoms with Crippen LogP contribution in [0, 0.1) is 0 Å². The van der Waals surface area contributed by atoms with Crippen molar-refractivity contribution in [2.45, 2.75) is 26.7 Å². The minimum absolute atomic E-state index is 0. The molecule has 0 atom stereocenters. The van der Waals surface area contributed by atoms with Gasteiger partial charge in [0.2, 0.25) is 0 Å². The molecule has 10 heavy (non-hydrogen) atoms. The van der Waals surface area contributed by atoms with Crippen LogP contribution in [0.15, 0.2) is 0 Å². The van der Waals surface area contributed by atoms with Crippen LogP contribution < -0.4 is 17.0 Å². The molecule has 0 aromatic rings. The van der Waals surface area contributed by atoms with Gasteiger partial charge in [-0.15, -0.1) is 0 Å². The zero-order chi connectivity index (χ0) is 7.33. The van der Waals surface area contributed by atoms with Gasteiger partial charge in [0.05, 0.1) is 25.0 Å². The van der Waals surface area contributed by atoms with E-state index in [-0.39, 0.29) is 17.0 Å². The molecule has 0 saturated heterocycles. The van der Waals surface area contributed by atoms with E-state index in [4.69, 9.17) is 0 Å². The van der Waals surface area contributed by atoms with E-state index in [0.717, 1.165) is 0 Å². The van der Waals surface area contributed by atoms with Gasteiger partial charge >= 0.3 is 0 Å². The van der Waals surface area contributed by atoms with E-state index < -0.39 is 5.96 Å². The summed E-state index contributed by atoms with van der Waals surface area (Å²) < 4.78 is 0. The van der Waals surface area contributed by atoms with E-state index in [2.05, 4.69) is 36.0 Å². The van der Waals surface area contributed by atoms with Crippen molar-refractivity contribution in [3.05, 3.63) is 0 Å². The summed E-state index contributed by atoms with van der Waals surface area (Å²) in [5.41, 5.74) is 0. The lowest BCUT2D eigenvalue weighted by Gasteiger charge is -2.11. The zero-order valence-electron chi connectivity index (χ0n) is 7.03. The predicted octanol–water partition coefficient (Wildman–Crippen LogP) is 0.768. The molecule has 0 aromatic carbocycles. The second-order valence-corrected chi connectivity index (χ2v) is 11.3. The molecule has 0 amide bonds. The zero-order valence-corrected chi connectivity index (χ0v) is 11.1. The SMILES string of the molecule is CCC[P+](C)(Br)CCC.[Br-]. The Kier molecular flexibility index (Phi) is 9.85. The summed E-state index contributed by atoms with van der Waals surface area (Å²) in [6, 6.07) is 0. The quantitative estimate of drug-likeness (QED) is 0.671. The first-order valence-electron chi connectivity index (χ1n) is 3.66. The van der Waals surface area contributed by atoms with Gasteiger partial charge in [0.1, 0.15) is 15.5 Å². The molecule has 0 aliphatic heterocycles. The summed E-state index contributed by atoms with van der Waals surface area (Å²) in [7, 11) is 0. The lowest BCUT2D eigenvalue weighted by molar-refractivity contribution is -0.00000206. The van der Waals surface area contributed by atoms with Gasteiger partial charge in [-0.1, -0.05) is 13.8 Å². The van der Waals surface area contributed by atoms with Gasteiger partial charge in [-0.3, -0.25) is 0 Å². The van der Waals surface area contributed by atoms with Crippen molar-refractivity contribution >= 4 is 21.5 Å². The van der Waals surface area contributed by atoms with Gasteiger partial charge in [-0.2, -0.15) is 0 Å². The van der Waals surface area contributed by atoms with E-state index in [1.165, 1.54) is 25.2 Å². The Morgan fingerprint density at radius 1 is 1.10 bits per heavy atom. The molecule has 0 heterocycles. The van der Waals surface area contributed by atoms with Crippen molar-refractivity contribution in [3.8, 4) is 0 Å². The van der Waals surface area contributed by atoms with Crippen molar-refractivity contribution in [2.24, 2.45) is 0 Å². The minimum Gasteiger partial charge on any atom is -1.00 e. The van der Waals surface area contributed by atoms with Gasteiger partial charge in [0, 0.05) is 0 Å². The van der Waals surface area contributed by atoms with Crippen LogP contribution >= 0.6 is 21.5 Å². The Hall–Kier alpha value is 1.39. The van der Waals surface area contributed by atoms with Crippen LogP contribution in [0.4, 0.5) is 0 Å². The molecule has 0 aliphatic carbocycles. The number of rotatable bonds is 4. The topological polar surface area (TPSA) is 0 Å². The molecule has 0 aromatic heterocycles. The number of halogens is 2. The maximum absolute atomic E-state index is 3.81. The fourth-order valence-corrected chi connectivity index (χ4v) is 5.26. The number of hydrogen-bond acceptors (Lipinski definition) is 0.